The molecule has 19 heavy (non-hydrogen) atoms. The molecule has 1 N–H and O–H groups in total. The summed E-state index contributed by atoms with van der Waals surface area (Å²) in [6, 6.07) is 7.30. The highest BCUT2D eigenvalue weighted by Gasteiger charge is 2.28. The molecule has 1 aliphatic heterocycles. The molecule has 0 spiro atoms. The van der Waals surface area contributed by atoms with Crippen molar-refractivity contribution in [2.75, 3.05) is 20.1 Å². The van der Waals surface area contributed by atoms with Crippen LogP contribution in [-0.2, 0) is 10.0 Å². The lowest BCUT2D eigenvalue weighted by molar-refractivity contribution is 0.472. The van der Waals surface area contributed by atoms with Crippen molar-refractivity contribution in [1.82, 2.24) is 9.62 Å². The molecule has 1 fully saturated rings. The Balaban J connectivity index is 2.07. The van der Waals surface area contributed by atoms with Crippen molar-refractivity contribution in [2.45, 2.75) is 12.5 Å². The molecule has 0 amide bonds. The first-order valence-corrected chi connectivity index (χ1v) is 8.00. The molecule has 1 unspecified atom stereocenters. The lowest BCUT2D eigenvalue weighted by atomic mass is 10.2. The Labute approximate surface area is 119 Å². The molecule has 2 rings (SSSR count). The van der Waals surface area contributed by atoms with E-state index in [1.807, 2.05) is 7.05 Å². The highest BCUT2D eigenvalue weighted by molar-refractivity contribution is 7.92. The Kier molecular flexibility index (Phi) is 4.62. The van der Waals surface area contributed by atoms with E-state index in [-0.39, 0.29) is 6.04 Å². The molecule has 0 radical (unpaired) electrons. The number of halogens is 1. The van der Waals surface area contributed by atoms with Gasteiger partial charge in [0, 0.05) is 29.6 Å². The maximum absolute atomic E-state index is 12.1. The lowest BCUT2D eigenvalue weighted by Crippen LogP contribution is -2.32. The summed E-state index contributed by atoms with van der Waals surface area (Å²) in [5, 5.41) is 4.99. The lowest BCUT2D eigenvalue weighted by Gasteiger charge is -2.13. The second-order valence-corrected chi connectivity index (χ2v) is 6.79. The van der Waals surface area contributed by atoms with Gasteiger partial charge in [0.25, 0.3) is 0 Å². The molecule has 0 saturated carbocycles. The minimum atomic E-state index is -3.33. The van der Waals surface area contributed by atoms with Crippen molar-refractivity contribution in [3.05, 3.63) is 40.3 Å². The highest BCUT2D eigenvalue weighted by Crippen LogP contribution is 2.16. The maximum Gasteiger partial charge on any atom is 0.236 e. The van der Waals surface area contributed by atoms with Crippen LogP contribution in [0.15, 0.2) is 29.7 Å². The standard InChI is InChI=1S/C13H17ClN2O2S/c1-15-13-6-8-16(10-13)19(17,18)9-7-11-2-4-12(14)5-3-11/h2-5,7,9,13,15H,6,8,10H2,1H3/b9-7+. The van der Waals surface area contributed by atoms with E-state index in [0.29, 0.717) is 18.1 Å². The smallest absolute Gasteiger partial charge is 0.236 e. The van der Waals surface area contributed by atoms with Crippen LogP contribution in [-0.4, -0.2) is 38.9 Å². The number of sulfonamides is 1. The topological polar surface area (TPSA) is 49.4 Å². The van der Waals surface area contributed by atoms with Gasteiger partial charge in [-0.15, -0.1) is 0 Å². The third-order valence-corrected chi connectivity index (χ3v) is 5.01. The summed E-state index contributed by atoms with van der Waals surface area (Å²) in [4.78, 5) is 0. The summed E-state index contributed by atoms with van der Waals surface area (Å²) in [7, 11) is -1.48. The molecule has 0 aliphatic carbocycles. The molecule has 0 bridgehead atoms. The zero-order chi connectivity index (χ0) is 13.9. The van der Waals surface area contributed by atoms with Crippen molar-refractivity contribution in [1.29, 1.82) is 0 Å². The third-order valence-electron chi connectivity index (χ3n) is 3.22. The minimum absolute atomic E-state index is 0.249. The Bertz CT molecular complexity index is 555. The number of nitrogens with one attached hydrogen (secondary N) is 1. The fourth-order valence-corrected chi connectivity index (χ4v) is 3.39. The van der Waals surface area contributed by atoms with E-state index in [9.17, 15) is 8.42 Å². The average molecular weight is 301 g/mol. The van der Waals surface area contributed by atoms with Gasteiger partial charge in [0.05, 0.1) is 0 Å². The van der Waals surface area contributed by atoms with Crippen LogP contribution in [0.5, 0.6) is 0 Å². The van der Waals surface area contributed by atoms with Crippen LogP contribution in [0.4, 0.5) is 0 Å². The Morgan fingerprint density at radius 1 is 1.37 bits per heavy atom. The number of hydrogen-bond acceptors (Lipinski definition) is 3. The summed E-state index contributed by atoms with van der Waals surface area (Å²) in [5.74, 6) is 0. The SMILES string of the molecule is CNC1CCN(S(=O)(=O)/C=C/c2ccc(Cl)cc2)C1. The molecule has 1 heterocycles. The summed E-state index contributed by atoms with van der Waals surface area (Å²) in [5.41, 5.74) is 0.817. The number of likely N-dealkylation sites (N-methyl/N-ethyl adjacent to an activating group) is 1. The second-order valence-electron chi connectivity index (χ2n) is 4.53. The van der Waals surface area contributed by atoms with Gasteiger partial charge >= 0.3 is 0 Å². The predicted molar refractivity (Wildman–Crippen MR) is 78.4 cm³/mol. The van der Waals surface area contributed by atoms with Gasteiger partial charge in [-0.05, 0) is 37.2 Å². The van der Waals surface area contributed by atoms with Gasteiger partial charge in [-0.3, -0.25) is 0 Å². The average Bonchev–Trinajstić information content (AvgIpc) is 2.88. The number of rotatable bonds is 4. The quantitative estimate of drug-likeness (QED) is 0.924. The molecule has 1 atom stereocenters. The molecule has 1 aromatic carbocycles. The Morgan fingerprint density at radius 3 is 2.63 bits per heavy atom. The van der Waals surface area contributed by atoms with E-state index in [2.05, 4.69) is 5.32 Å². The first kappa shape index (κ1) is 14.5. The van der Waals surface area contributed by atoms with Crippen LogP contribution >= 0.6 is 11.6 Å². The van der Waals surface area contributed by atoms with Crippen molar-refractivity contribution in [2.24, 2.45) is 0 Å². The largest absolute Gasteiger partial charge is 0.316 e. The Hall–Kier alpha value is -0.880. The van der Waals surface area contributed by atoms with E-state index in [4.69, 9.17) is 11.6 Å². The van der Waals surface area contributed by atoms with E-state index in [0.717, 1.165) is 12.0 Å². The molecule has 1 aromatic rings. The van der Waals surface area contributed by atoms with Crippen molar-refractivity contribution >= 4 is 27.7 Å². The zero-order valence-electron chi connectivity index (χ0n) is 10.7. The van der Waals surface area contributed by atoms with Gasteiger partial charge in [0.1, 0.15) is 0 Å². The van der Waals surface area contributed by atoms with Crippen LogP contribution < -0.4 is 5.32 Å². The highest BCUT2D eigenvalue weighted by atomic mass is 35.5. The van der Waals surface area contributed by atoms with Crippen LogP contribution in [0, 0.1) is 0 Å². The third kappa shape index (κ3) is 3.79. The van der Waals surface area contributed by atoms with Crippen molar-refractivity contribution in [3.8, 4) is 0 Å². The van der Waals surface area contributed by atoms with Gasteiger partial charge in [-0.25, -0.2) is 8.42 Å². The van der Waals surface area contributed by atoms with Gasteiger partial charge in [-0.1, -0.05) is 23.7 Å². The molecule has 1 saturated heterocycles. The number of nitrogens with zero attached hydrogens (tertiary/aromatic N) is 1. The first-order chi connectivity index (χ1) is 9.01. The summed E-state index contributed by atoms with van der Waals surface area (Å²) < 4.78 is 25.7. The van der Waals surface area contributed by atoms with E-state index in [1.165, 1.54) is 9.71 Å². The van der Waals surface area contributed by atoms with Crippen LogP contribution in [0.2, 0.25) is 5.02 Å². The molecule has 0 aromatic heterocycles. The Morgan fingerprint density at radius 2 is 2.05 bits per heavy atom. The normalized spacial score (nSPS) is 21.3. The van der Waals surface area contributed by atoms with Crippen LogP contribution in [0.3, 0.4) is 0 Å². The second kappa shape index (κ2) is 6.05. The molecule has 1 aliphatic rings. The zero-order valence-corrected chi connectivity index (χ0v) is 12.3. The fourth-order valence-electron chi connectivity index (χ4n) is 2.02. The van der Waals surface area contributed by atoms with E-state index in [1.54, 1.807) is 30.3 Å². The van der Waals surface area contributed by atoms with E-state index < -0.39 is 10.0 Å². The summed E-state index contributed by atoms with van der Waals surface area (Å²) >= 11 is 5.78. The molecule has 104 valence electrons. The monoisotopic (exact) mass is 300 g/mol. The molecular weight excluding hydrogens is 284 g/mol. The van der Waals surface area contributed by atoms with Crippen molar-refractivity contribution in [3.63, 3.8) is 0 Å². The van der Waals surface area contributed by atoms with Crippen LogP contribution in [0.25, 0.3) is 6.08 Å². The van der Waals surface area contributed by atoms with Gasteiger partial charge < -0.3 is 5.32 Å². The fraction of sp³-hybridized carbons (Fsp3) is 0.385. The summed E-state index contributed by atoms with van der Waals surface area (Å²) in [6.07, 6.45) is 2.45. The van der Waals surface area contributed by atoms with E-state index >= 15 is 0 Å². The van der Waals surface area contributed by atoms with Crippen molar-refractivity contribution < 1.29 is 8.42 Å². The maximum atomic E-state index is 12.1. The molecule has 4 nitrogen and oxygen atoms in total. The summed E-state index contributed by atoms with van der Waals surface area (Å²) in [6.45, 7) is 1.10. The number of hydrogen-bond donors (Lipinski definition) is 1. The first-order valence-electron chi connectivity index (χ1n) is 6.12. The molecule has 6 heteroatoms. The minimum Gasteiger partial charge on any atom is -0.316 e. The van der Waals surface area contributed by atoms with Gasteiger partial charge in [-0.2, -0.15) is 4.31 Å². The van der Waals surface area contributed by atoms with Gasteiger partial charge in [0.15, 0.2) is 0 Å². The number of benzene rings is 1. The van der Waals surface area contributed by atoms with Crippen LogP contribution in [0.1, 0.15) is 12.0 Å². The van der Waals surface area contributed by atoms with Gasteiger partial charge in [0.2, 0.25) is 10.0 Å². The predicted octanol–water partition coefficient (Wildman–Crippen LogP) is 1.93. The molecular formula is C13H17ClN2O2S.